The average Bonchev–Trinajstić information content (AvgIpc) is 2.34. The van der Waals surface area contributed by atoms with Crippen molar-refractivity contribution in [2.24, 2.45) is 11.7 Å². The molecule has 1 heterocycles. The zero-order valence-corrected chi connectivity index (χ0v) is 11.5. The van der Waals surface area contributed by atoms with E-state index in [-0.39, 0.29) is 6.04 Å². The number of nitriles is 1. The lowest BCUT2D eigenvalue weighted by molar-refractivity contribution is 0.465. The van der Waals surface area contributed by atoms with Gasteiger partial charge in [-0.25, -0.2) is 9.97 Å². The normalized spacial score (nSPS) is 12.3. The van der Waals surface area contributed by atoms with E-state index in [1.807, 2.05) is 24.9 Å². The van der Waals surface area contributed by atoms with Crippen LogP contribution in [0.5, 0.6) is 0 Å². The second-order valence-corrected chi connectivity index (χ2v) is 4.92. The lowest BCUT2D eigenvalue weighted by Crippen LogP contribution is -2.32. The van der Waals surface area contributed by atoms with E-state index in [1.165, 1.54) is 0 Å². The van der Waals surface area contributed by atoms with Crippen molar-refractivity contribution in [3.8, 4) is 6.07 Å². The van der Waals surface area contributed by atoms with Gasteiger partial charge in [-0.05, 0) is 25.3 Å². The van der Waals surface area contributed by atoms with Crippen LogP contribution in [0.4, 0.5) is 5.95 Å². The third kappa shape index (κ3) is 3.97. The van der Waals surface area contributed by atoms with E-state index in [2.05, 4.69) is 23.8 Å². The Hall–Kier alpha value is -1.67. The first-order valence-electron chi connectivity index (χ1n) is 6.16. The molecule has 1 rings (SSSR count). The fourth-order valence-electron chi connectivity index (χ4n) is 1.56. The Morgan fingerprint density at radius 1 is 1.44 bits per heavy atom. The lowest BCUT2D eigenvalue weighted by atomic mass is 10.0. The molecule has 98 valence electrons. The molecular formula is C13H21N5. The first-order chi connectivity index (χ1) is 8.43. The average molecular weight is 247 g/mol. The summed E-state index contributed by atoms with van der Waals surface area (Å²) in [6.07, 6.45) is 0.882. The van der Waals surface area contributed by atoms with Gasteiger partial charge in [0.2, 0.25) is 5.95 Å². The van der Waals surface area contributed by atoms with Gasteiger partial charge in [0, 0.05) is 25.3 Å². The Labute approximate surface area is 109 Å². The fourth-order valence-corrected chi connectivity index (χ4v) is 1.56. The molecule has 0 aliphatic heterocycles. The van der Waals surface area contributed by atoms with Crippen molar-refractivity contribution >= 4 is 5.95 Å². The summed E-state index contributed by atoms with van der Waals surface area (Å²) in [6, 6.07) is 3.90. The zero-order valence-electron chi connectivity index (χ0n) is 11.5. The maximum Gasteiger partial charge on any atom is 0.226 e. The molecule has 1 aromatic rings. The van der Waals surface area contributed by atoms with E-state index >= 15 is 0 Å². The lowest BCUT2D eigenvalue weighted by Gasteiger charge is -2.21. The molecule has 0 aliphatic rings. The van der Waals surface area contributed by atoms with Crippen molar-refractivity contribution in [2.75, 3.05) is 18.5 Å². The number of aromatic nitrogens is 2. The van der Waals surface area contributed by atoms with Crippen LogP contribution < -0.4 is 10.6 Å². The molecule has 0 spiro atoms. The van der Waals surface area contributed by atoms with Gasteiger partial charge in [0.05, 0.1) is 0 Å². The molecule has 1 atom stereocenters. The second kappa shape index (κ2) is 6.31. The first-order valence-corrected chi connectivity index (χ1v) is 6.16. The molecule has 0 saturated heterocycles. The van der Waals surface area contributed by atoms with Crippen LogP contribution in [0, 0.1) is 24.2 Å². The van der Waals surface area contributed by atoms with Crippen LogP contribution >= 0.6 is 0 Å². The highest BCUT2D eigenvalue weighted by molar-refractivity contribution is 5.34. The highest BCUT2D eigenvalue weighted by atomic mass is 15.2. The molecule has 0 aromatic carbocycles. The summed E-state index contributed by atoms with van der Waals surface area (Å²) in [7, 11) is 1.92. The van der Waals surface area contributed by atoms with Crippen LogP contribution in [0.3, 0.4) is 0 Å². The Morgan fingerprint density at radius 2 is 2.11 bits per heavy atom. The van der Waals surface area contributed by atoms with Crippen molar-refractivity contribution in [3.63, 3.8) is 0 Å². The highest BCUT2D eigenvalue weighted by Crippen LogP contribution is 2.10. The van der Waals surface area contributed by atoms with Crippen molar-refractivity contribution in [1.29, 1.82) is 5.26 Å². The Balaban J connectivity index is 2.70. The predicted molar refractivity (Wildman–Crippen MR) is 72.2 cm³/mol. The van der Waals surface area contributed by atoms with Crippen LogP contribution in [-0.2, 0) is 0 Å². The summed E-state index contributed by atoms with van der Waals surface area (Å²) in [5.41, 5.74) is 7.21. The molecule has 0 bridgehead atoms. The summed E-state index contributed by atoms with van der Waals surface area (Å²) >= 11 is 0. The van der Waals surface area contributed by atoms with E-state index in [4.69, 9.17) is 11.0 Å². The summed E-state index contributed by atoms with van der Waals surface area (Å²) in [4.78, 5) is 10.5. The molecule has 0 amide bonds. The topological polar surface area (TPSA) is 78.8 Å². The van der Waals surface area contributed by atoms with Crippen LogP contribution in [0.15, 0.2) is 6.07 Å². The summed E-state index contributed by atoms with van der Waals surface area (Å²) in [5.74, 6) is 1.05. The quantitative estimate of drug-likeness (QED) is 0.852. The number of nitrogens with zero attached hydrogens (tertiary/aromatic N) is 4. The van der Waals surface area contributed by atoms with E-state index in [0.717, 1.165) is 18.7 Å². The molecule has 0 radical (unpaired) electrons. The molecule has 1 unspecified atom stereocenters. The van der Waals surface area contributed by atoms with Crippen molar-refractivity contribution in [2.45, 2.75) is 33.2 Å². The summed E-state index contributed by atoms with van der Waals surface area (Å²) < 4.78 is 0. The third-order valence-electron chi connectivity index (χ3n) is 2.95. The van der Waals surface area contributed by atoms with Gasteiger partial charge in [-0.1, -0.05) is 13.8 Å². The van der Waals surface area contributed by atoms with Gasteiger partial charge in [-0.2, -0.15) is 5.26 Å². The SMILES string of the molecule is Cc1cc(C#N)nc(N(C)CCC(N)C(C)C)n1. The van der Waals surface area contributed by atoms with Gasteiger partial charge >= 0.3 is 0 Å². The van der Waals surface area contributed by atoms with Gasteiger partial charge in [-0.15, -0.1) is 0 Å². The van der Waals surface area contributed by atoms with Crippen LogP contribution in [0.25, 0.3) is 0 Å². The standard InChI is InChI=1S/C13H21N5/c1-9(2)12(15)5-6-18(4)13-16-10(3)7-11(8-14)17-13/h7,9,12H,5-6,15H2,1-4H3. The van der Waals surface area contributed by atoms with Gasteiger partial charge in [-0.3, -0.25) is 0 Å². The smallest absolute Gasteiger partial charge is 0.226 e. The summed E-state index contributed by atoms with van der Waals surface area (Å²) in [5, 5.41) is 8.88. The molecule has 1 aromatic heterocycles. The second-order valence-electron chi connectivity index (χ2n) is 4.92. The number of anilines is 1. The zero-order chi connectivity index (χ0) is 13.7. The van der Waals surface area contributed by atoms with Gasteiger partial charge < -0.3 is 10.6 Å². The predicted octanol–water partition coefficient (Wildman–Crippen LogP) is 1.47. The number of rotatable bonds is 5. The Morgan fingerprint density at radius 3 is 2.67 bits per heavy atom. The van der Waals surface area contributed by atoms with Crippen LogP contribution in [0.1, 0.15) is 31.7 Å². The van der Waals surface area contributed by atoms with E-state index in [1.54, 1.807) is 6.07 Å². The monoisotopic (exact) mass is 247 g/mol. The fraction of sp³-hybridized carbons (Fsp3) is 0.615. The minimum Gasteiger partial charge on any atom is -0.344 e. The van der Waals surface area contributed by atoms with E-state index in [9.17, 15) is 0 Å². The van der Waals surface area contributed by atoms with E-state index < -0.39 is 0 Å². The maximum absolute atomic E-state index is 8.88. The third-order valence-corrected chi connectivity index (χ3v) is 2.95. The van der Waals surface area contributed by atoms with Crippen molar-refractivity contribution in [1.82, 2.24) is 9.97 Å². The number of hydrogen-bond donors (Lipinski definition) is 1. The number of hydrogen-bond acceptors (Lipinski definition) is 5. The minimum absolute atomic E-state index is 0.174. The molecule has 5 nitrogen and oxygen atoms in total. The number of aryl methyl sites for hydroxylation is 1. The van der Waals surface area contributed by atoms with Gasteiger partial charge in [0.25, 0.3) is 0 Å². The molecule has 2 N–H and O–H groups in total. The number of nitrogens with two attached hydrogens (primary N) is 1. The molecule has 18 heavy (non-hydrogen) atoms. The van der Waals surface area contributed by atoms with Gasteiger partial charge in [0.1, 0.15) is 11.8 Å². The van der Waals surface area contributed by atoms with Crippen molar-refractivity contribution in [3.05, 3.63) is 17.5 Å². The van der Waals surface area contributed by atoms with Crippen molar-refractivity contribution < 1.29 is 0 Å². The molecule has 0 aliphatic carbocycles. The maximum atomic E-state index is 8.88. The minimum atomic E-state index is 0.174. The Kier molecular flexibility index (Phi) is 5.05. The van der Waals surface area contributed by atoms with E-state index in [0.29, 0.717) is 17.6 Å². The summed E-state index contributed by atoms with van der Waals surface area (Å²) in [6.45, 7) is 6.87. The molecule has 5 heteroatoms. The molecule has 0 fully saturated rings. The first kappa shape index (κ1) is 14.4. The Bertz CT molecular complexity index is 435. The highest BCUT2D eigenvalue weighted by Gasteiger charge is 2.11. The molecule has 0 saturated carbocycles. The molecular weight excluding hydrogens is 226 g/mol. The van der Waals surface area contributed by atoms with Crippen LogP contribution in [0.2, 0.25) is 0 Å². The largest absolute Gasteiger partial charge is 0.344 e. The van der Waals surface area contributed by atoms with Gasteiger partial charge in [0.15, 0.2) is 0 Å². The van der Waals surface area contributed by atoms with Crippen LogP contribution in [-0.4, -0.2) is 29.6 Å².